The molecule has 0 bridgehead atoms. The first-order chi connectivity index (χ1) is 11.1. The van der Waals surface area contributed by atoms with Gasteiger partial charge < -0.3 is 9.84 Å². The molecule has 23 heavy (non-hydrogen) atoms. The normalized spacial score (nSPS) is 21.0. The molecule has 1 fully saturated rings. The van der Waals surface area contributed by atoms with Crippen LogP contribution in [0.5, 0.6) is 0 Å². The standard InChI is InChI=1S/C15H24N6O2/c1-11(2)14-17-15(19-18-14)13-10-20(6-7-23-13)8-12(22)9-21-5-3-4-16-21/h3-5,11-13,22H,6-10H2,1-2H3,(H,17,18,19). The molecule has 1 aliphatic heterocycles. The van der Waals surface area contributed by atoms with E-state index in [0.29, 0.717) is 26.2 Å². The third-order valence-corrected chi connectivity index (χ3v) is 3.92. The third-order valence-electron chi connectivity index (χ3n) is 3.92. The number of ether oxygens (including phenoxy) is 1. The van der Waals surface area contributed by atoms with E-state index < -0.39 is 6.10 Å². The van der Waals surface area contributed by atoms with Crippen molar-refractivity contribution in [1.82, 2.24) is 29.9 Å². The number of morpholine rings is 1. The van der Waals surface area contributed by atoms with Crippen molar-refractivity contribution < 1.29 is 9.84 Å². The van der Waals surface area contributed by atoms with Crippen molar-refractivity contribution in [2.45, 2.75) is 38.5 Å². The predicted octanol–water partition coefficient (Wildman–Crippen LogP) is 0.559. The van der Waals surface area contributed by atoms with Crippen LogP contribution in [-0.4, -0.2) is 67.3 Å². The van der Waals surface area contributed by atoms with Gasteiger partial charge >= 0.3 is 0 Å². The van der Waals surface area contributed by atoms with Crippen LogP contribution in [0.25, 0.3) is 0 Å². The lowest BCUT2D eigenvalue weighted by atomic mass is 10.2. The number of β-amino-alcohol motifs (C(OH)–C–C–N with tert-alkyl or cyclic N) is 1. The van der Waals surface area contributed by atoms with Gasteiger partial charge in [0.05, 0.1) is 19.3 Å². The van der Waals surface area contributed by atoms with Gasteiger partial charge in [0.1, 0.15) is 6.10 Å². The summed E-state index contributed by atoms with van der Waals surface area (Å²) < 4.78 is 7.54. The average Bonchev–Trinajstić information content (AvgIpc) is 3.18. The molecular weight excluding hydrogens is 296 g/mol. The number of rotatable bonds is 6. The van der Waals surface area contributed by atoms with Crippen molar-refractivity contribution >= 4 is 0 Å². The molecule has 0 amide bonds. The molecule has 0 spiro atoms. The monoisotopic (exact) mass is 320 g/mol. The highest BCUT2D eigenvalue weighted by Gasteiger charge is 2.26. The highest BCUT2D eigenvalue weighted by molar-refractivity contribution is 4.99. The molecule has 1 aliphatic rings. The van der Waals surface area contributed by atoms with E-state index in [9.17, 15) is 5.11 Å². The smallest absolute Gasteiger partial charge is 0.155 e. The Kier molecular flexibility index (Phi) is 5.04. The molecule has 8 heteroatoms. The molecule has 3 heterocycles. The SMILES string of the molecule is CC(C)c1n[nH]c(C2CN(CC(O)Cn3cccn3)CCO2)n1. The highest BCUT2D eigenvalue weighted by Crippen LogP contribution is 2.20. The average molecular weight is 320 g/mol. The van der Waals surface area contributed by atoms with Gasteiger partial charge in [-0.1, -0.05) is 13.8 Å². The third kappa shape index (κ3) is 4.15. The van der Waals surface area contributed by atoms with Gasteiger partial charge in [-0.25, -0.2) is 4.98 Å². The Hall–Kier alpha value is -1.77. The molecule has 3 rings (SSSR count). The van der Waals surface area contributed by atoms with E-state index in [4.69, 9.17) is 4.74 Å². The molecule has 1 saturated heterocycles. The van der Waals surface area contributed by atoms with E-state index in [1.54, 1.807) is 10.9 Å². The summed E-state index contributed by atoms with van der Waals surface area (Å²) in [5.41, 5.74) is 0. The fourth-order valence-electron chi connectivity index (χ4n) is 2.70. The van der Waals surface area contributed by atoms with Crippen molar-refractivity contribution in [3.63, 3.8) is 0 Å². The van der Waals surface area contributed by atoms with Crippen LogP contribution in [0.2, 0.25) is 0 Å². The Bertz CT molecular complexity index is 597. The van der Waals surface area contributed by atoms with Crippen LogP contribution in [0.15, 0.2) is 18.5 Å². The number of nitrogens with one attached hydrogen (secondary N) is 1. The number of hydrogen-bond acceptors (Lipinski definition) is 6. The first-order valence-corrected chi connectivity index (χ1v) is 8.03. The summed E-state index contributed by atoms with van der Waals surface area (Å²) in [5.74, 6) is 1.86. The fraction of sp³-hybridized carbons (Fsp3) is 0.667. The molecule has 0 saturated carbocycles. The summed E-state index contributed by atoms with van der Waals surface area (Å²) in [7, 11) is 0. The molecule has 2 aromatic heterocycles. The molecule has 0 radical (unpaired) electrons. The quantitative estimate of drug-likeness (QED) is 0.808. The topological polar surface area (TPSA) is 92.1 Å². The molecule has 126 valence electrons. The summed E-state index contributed by atoms with van der Waals surface area (Å²) in [6, 6.07) is 1.85. The summed E-state index contributed by atoms with van der Waals surface area (Å²) >= 11 is 0. The first-order valence-electron chi connectivity index (χ1n) is 8.03. The number of aliphatic hydroxyl groups is 1. The van der Waals surface area contributed by atoms with Crippen molar-refractivity contribution in [2.24, 2.45) is 0 Å². The minimum absolute atomic E-state index is 0.124. The van der Waals surface area contributed by atoms with E-state index in [-0.39, 0.29) is 12.0 Å². The van der Waals surface area contributed by atoms with Crippen LogP contribution < -0.4 is 0 Å². The zero-order valence-electron chi connectivity index (χ0n) is 13.6. The van der Waals surface area contributed by atoms with Crippen LogP contribution in [0.3, 0.4) is 0 Å². The van der Waals surface area contributed by atoms with Crippen LogP contribution in [0, 0.1) is 0 Å². The second kappa shape index (κ2) is 7.20. The van der Waals surface area contributed by atoms with E-state index in [2.05, 4.69) is 39.0 Å². The Balaban J connectivity index is 1.55. The maximum absolute atomic E-state index is 10.2. The lowest BCUT2D eigenvalue weighted by molar-refractivity contribution is -0.0473. The molecule has 2 unspecified atom stereocenters. The van der Waals surface area contributed by atoms with Crippen molar-refractivity contribution in [3.8, 4) is 0 Å². The van der Waals surface area contributed by atoms with Crippen LogP contribution in [0.4, 0.5) is 0 Å². The van der Waals surface area contributed by atoms with Gasteiger partial charge in [0, 0.05) is 37.9 Å². The Morgan fingerprint density at radius 1 is 1.43 bits per heavy atom. The summed E-state index contributed by atoms with van der Waals surface area (Å²) in [5, 5.41) is 21.6. The Labute approximate surface area is 135 Å². The second-order valence-electron chi connectivity index (χ2n) is 6.23. The number of nitrogens with zero attached hydrogens (tertiary/aromatic N) is 5. The van der Waals surface area contributed by atoms with Gasteiger partial charge in [-0.05, 0) is 6.07 Å². The lowest BCUT2D eigenvalue weighted by Crippen LogP contribution is -2.43. The van der Waals surface area contributed by atoms with E-state index in [1.807, 2.05) is 12.3 Å². The molecular formula is C15H24N6O2. The van der Waals surface area contributed by atoms with Gasteiger partial charge in [0.2, 0.25) is 0 Å². The molecule has 8 nitrogen and oxygen atoms in total. The van der Waals surface area contributed by atoms with Gasteiger partial charge in [-0.3, -0.25) is 14.7 Å². The Morgan fingerprint density at radius 3 is 3.00 bits per heavy atom. The van der Waals surface area contributed by atoms with E-state index >= 15 is 0 Å². The van der Waals surface area contributed by atoms with Gasteiger partial charge in [-0.15, -0.1) is 0 Å². The highest BCUT2D eigenvalue weighted by atomic mass is 16.5. The number of aromatic nitrogens is 5. The van der Waals surface area contributed by atoms with E-state index in [1.165, 1.54) is 0 Å². The van der Waals surface area contributed by atoms with Crippen molar-refractivity contribution in [1.29, 1.82) is 0 Å². The van der Waals surface area contributed by atoms with Crippen molar-refractivity contribution in [3.05, 3.63) is 30.1 Å². The minimum Gasteiger partial charge on any atom is -0.390 e. The van der Waals surface area contributed by atoms with Gasteiger partial charge in [0.25, 0.3) is 0 Å². The molecule has 0 aliphatic carbocycles. The van der Waals surface area contributed by atoms with Crippen LogP contribution in [-0.2, 0) is 11.3 Å². The second-order valence-corrected chi connectivity index (χ2v) is 6.23. The Morgan fingerprint density at radius 2 is 2.30 bits per heavy atom. The maximum Gasteiger partial charge on any atom is 0.155 e. The predicted molar refractivity (Wildman–Crippen MR) is 83.8 cm³/mol. The zero-order chi connectivity index (χ0) is 16.2. The molecule has 2 aromatic rings. The zero-order valence-corrected chi connectivity index (χ0v) is 13.6. The van der Waals surface area contributed by atoms with Crippen LogP contribution in [0.1, 0.15) is 37.5 Å². The summed E-state index contributed by atoms with van der Waals surface area (Å²) in [4.78, 5) is 6.71. The first kappa shape index (κ1) is 16.1. The van der Waals surface area contributed by atoms with Gasteiger partial charge in [-0.2, -0.15) is 10.2 Å². The summed E-state index contributed by atoms with van der Waals surface area (Å²) in [6.07, 6.45) is 2.98. The largest absolute Gasteiger partial charge is 0.390 e. The molecule has 2 N–H and O–H groups in total. The molecule has 2 atom stereocenters. The number of H-pyrrole nitrogens is 1. The van der Waals surface area contributed by atoms with E-state index in [0.717, 1.165) is 18.2 Å². The lowest BCUT2D eigenvalue weighted by Gasteiger charge is -2.33. The number of hydrogen-bond donors (Lipinski definition) is 2. The fourth-order valence-corrected chi connectivity index (χ4v) is 2.70. The maximum atomic E-state index is 10.2. The minimum atomic E-state index is -0.463. The number of aliphatic hydroxyl groups excluding tert-OH is 1. The van der Waals surface area contributed by atoms with Crippen molar-refractivity contribution in [2.75, 3.05) is 26.2 Å². The number of aromatic amines is 1. The molecule has 0 aromatic carbocycles. The summed E-state index contributed by atoms with van der Waals surface area (Å²) in [6.45, 7) is 7.33. The van der Waals surface area contributed by atoms with Gasteiger partial charge in [0.15, 0.2) is 11.6 Å². The van der Waals surface area contributed by atoms with Crippen LogP contribution >= 0.6 is 0 Å².